The Morgan fingerprint density at radius 1 is 1.50 bits per heavy atom. The second-order valence-corrected chi connectivity index (χ2v) is 6.88. The monoisotopic (exact) mass is 306 g/mol. The Morgan fingerprint density at radius 2 is 2.32 bits per heavy atom. The first kappa shape index (κ1) is 11.9. The zero-order valence-corrected chi connectivity index (χ0v) is 13.1. The summed E-state index contributed by atoms with van der Waals surface area (Å²) in [6.45, 7) is 5.86. The molecule has 2 heterocycles. The molecule has 120 valence electrons. The van der Waals surface area contributed by atoms with Crippen LogP contribution in [0.5, 0.6) is 11.5 Å². The molecule has 2 aliphatic rings. The minimum absolute atomic E-state index is 0.0213. The van der Waals surface area contributed by atoms with Crippen molar-refractivity contribution >= 4 is 5.78 Å². The van der Waals surface area contributed by atoms with Gasteiger partial charge >= 0.3 is 0 Å². The maximum atomic E-state index is 12.5. The Labute approximate surface area is 136 Å². The van der Waals surface area contributed by atoms with Crippen molar-refractivity contribution in [3.63, 3.8) is 0 Å². The lowest BCUT2D eigenvalue weighted by molar-refractivity contribution is -0.129. The number of rotatable bonds is 3. The zero-order chi connectivity index (χ0) is 18.4. The molecule has 4 heteroatoms. The van der Waals surface area contributed by atoms with Gasteiger partial charge in [0.25, 0.3) is 0 Å². The zero-order valence-electron chi connectivity index (χ0n) is 16.1. The second-order valence-electron chi connectivity index (χ2n) is 6.88. The molecule has 1 fully saturated rings. The summed E-state index contributed by atoms with van der Waals surface area (Å²) in [4.78, 5) is 14.9. The highest BCUT2D eigenvalue weighted by Crippen LogP contribution is 2.42. The van der Waals surface area contributed by atoms with Crippen LogP contribution in [0.25, 0.3) is 0 Å². The van der Waals surface area contributed by atoms with Gasteiger partial charge in [-0.25, -0.2) is 0 Å². The molecular weight excluding hydrogens is 278 g/mol. The number of fused-ring (bicyclic) bond motifs is 3. The molecule has 4 nitrogen and oxygen atoms in total. The number of ether oxygens (including phenoxy) is 1. The minimum Gasteiger partial charge on any atom is -0.504 e. The third-order valence-corrected chi connectivity index (χ3v) is 4.86. The molecule has 1 aromatic carbocycles. The molecule has 1 saturated heterocycles. The van der Waals surface area contributed by atoms with Crippen molar-refractivity contribution in [1.29, 1.82) is 0 Å². The maximum Gasteiger partial charge on any atom is 0.160 e. The van der Waals surface area contributed by atoms with E-state index in [9.17, 15) is 9.90 Å². The van der Waals surface area contributed by atoms with Crippen LogP contribution >= 0.6 is 0 Å². The lowest BCUT2D eigenvalue weighted by Crippen LogP contribution is -2.46. The predicted octanol–water partition coefficient (Wildman–Crippen LogP) is 2.94. The number of benzene rings is 1. The van der Waals surface area contributed by atoms with Crippen molar-refractivity contribution < 1.29 is 18.8 Å². The van der Waals surface area contributed by atoms with Crippen molar-refractivity contribution in [2.45, 2.75) is 39.2 Å². The number of carbonyl (C=O) groups is 1. The second kappa shape index (κ2) is 5.92. The van der Waals surface area contributed by atoms with E-state index in [0.29, 0.717) is 12.3 Å². The number of aromatic hydroxyl groups is 1. The van der Waals surface area contributed by atoms with Gasteiger partial charge in [0, 0.05) is 31.5 Å². The number of piperidine rings is 1. The molecule has 0 spiro atoms. The van der Waals surface area contributed by atoms with Crippen molar-refractivity contribution in [3.05, 3.63) is 23.3 Å². The van der Waals surface area contributed by atoms with Crippen LogP contribution < -0.4 is 4.74 Å². The summed E-state index contributed by atoms with van der Waals surface area (Å²) >= 11 is 0. The highest BCUT2D eigenvalue weighted by molar-refractivity contribution is 5.83. The van der Waals surface area contributed by atoms with E-state index in [1.165, 1.54) is 0 Å². The van der Waals surface area contributed by atoms with Crippen LogP contribution in [0.1, 0.15) is 48.0 Å². The maximum absolute atomic E-state index is 12.5. The molecule has 22 heavy (non-hydrogen) atoms. The number of hydrogen-bond acceptors (Lipinski definition) is 4. The van der Waals surface area contributed by atoms with E-state index in [-0.39, 0.29) is 29.2 Å². The number of methoxy groups -OCH3 is 1. The number of carbonyl (C=O) groups excluding carboxylic acids is 1. The fourth-order valence-electron chi connectivity index (χ4n) is 3.83. The summed E-state index contributed by atoms with van der Waals surface area (Å²) < 4.78 is 26.5. The molecule has 0 aliphatic carbocycles. The summed E-state index contributed by atoms with van der Waals surface area (Å²) in [5, 5.41) is 10.2. The topological polar surface area (TPSA) is 49.8 Å². The standard InChI is InChI=1S/C18H25NO3/c1-11(2)6-13-10-19-5-4-12-7-18(22-3)17(21)8-14(12)15(19)9-16(13)20/h7-8,11,13,15,21H,4-6,9-10H2,1-3H3/i3D3. The van der Waals surface area contributed by atoms with Gasteiger partial charge < -0.3 is 9.84 Å². The molecule has 2 atom stereocenters. The smallest absolute Gasteiger partial charge is 0.160 e. The van der Waals surface area contributed by atoms with Gasteiger partial charge in [-0.05, 0) is 42.0 Å². The largest absolute Gasteiger partial charge is 0.504 e. The van der Waals surface area contributed by atoms with Gasteiger partial charge in [-0.1, -0.05) is 13.8 Å². The molecule has 0 radical (unpaired) electrons. The molecular formula is C18H25NO3. The SMILES string of the molecule is [2H]C([2H])([2H])Oc1cc2c(cc1O)C1CC(=O)C(CC(C)C)CN1CC2. The van der Waals surface area contributed by atoms with Gasteiger partial charge in [0.05, 0.1) is 11.2 Å². The Kier molecular flexibility index (Phi) is 3.21. The van der Waals surface area contributed by atoms with Gasteiger partial charge in [-0.2, -0.15) is 0 Å². The summed E-state index contributed by atoms with van der Waals surface area (Å²) in [7, 11) is -2.60. The van der Waals surface area contributed by atoms with Crippen molar-refractivity contribution in [1.82, 2.24) is 4.90 Å². The van der Waals surface area contributed by atoms with Crippen LogP contribution in [-0.4, -0.2) is 35.9 Å². The highest BCUT2D eigenvalue weighted by atomic mass is 16.5. The van der Waals surface area contributed by atoms with E-state index in [1.54, 1.807) is 12.1 Å². The molecule has 0 bridgehead atoms. The number of Topliss-reactive ketones (excluding diaryl/α,β-unsaturated/α-hetero) is 1. The third kappa shape index (κ3) is 2.72. The van der Waals surface area contributed by atoms with E-state index in [4.69, 9.17) is 8.85 Å². The molecule has 0 amide bonds. The Bertz CT molecular complexity index is 672. The molecule has 1 aromatic rings. The van der Waals surface area contributed by atoms with Gasteiger partial charge in [0.1, 0.15) is 5.78 Å². The molecule has 1 N–H and O–H groups in total. The lowest BCUT2D eigenvalue weighted by atomic mass is 9.80. The van der Waals surface area contributed by atoms with Crippen molar-refractivity contribution in [2.75, 3.05) is 20.1 Å². The molecule has 2 unspecified atom stereocenters. The van der Waals surface area contributed by atoms with Gasteiger partial charge in [0.15, 0.2) is 11.5 Å². The third-order valence-electron chi connectivity index (χ3n) is 4.86. The summed E-state index contributed by atoms with van der Waals surface area (Å²) in [5.74, 6) is 0.654. The Morgan fingerprint density at radius 3 is 3.05 bits per heavy atom. The molecule has 2 aliphatic heterocycles. The van der Waals surface area contributed by atoms with Crippen LogP contribution in [-0.2, 0) is 11.2 Å². The van der Waals surface area contributed by atoms with Crippen LogP contribution in [0, 0.1) is 11.8 Å². The number of phenolic OH excluding ortho intramolecular Hbond substituents is 1. The number of ketones is 1. The van der Waals surface area contributed by atoms with E-state index < -0.39 is 7.04 Å². The minimum atomic E-state index is -2.60. The number of phenols is 1. The van der Waals surface area contributed by atoms with Crippen molar-refractivity contribution in [3.8, 4) is 11.5 Å². The van der Waals surface area contributed by atoms with Crippen LogP contribution in [0.4, 0.5) is 0 Å². The Hall–Kier alpha value is -1.55. The summed E-state index contributed by atoms with van der Waals surface area (Å²) in [6, 6.07) is 3.15. The fraction of sp³-hybridized carbons (Fsp3) is 0.611. The van der Waals surface area contributed by atoms with Crippen molar-refractivity contribution in [2.24, 2.45) is 11.8 Å². The first-order valence-electron chi connectivity index (χ1n) is 9.45. The van der Waals surface area contributed by atoms with E-state index in [2.05, 4.69) is 18.7 Å². The average Bonchev–Trinajstić information content (AvgIpc) is 2.47. The van der Waals surface area contributed by atoms with E-state index in [1.807, 2.05) is 0 Å². The summed E-state index contributed by atoms with van der Waals surface area (Å²) in [6.07, 6.45) is 2.11. The quantitative estimate of drug-likeness (QED) is 0.933. The Balaban J connectivity index is 1.85. The predicted molar refractivity (Wildman–Crippen MR) is 85.2 cm³/mol. The first-order valence-corrected chi connectivity index (χ1v) is 7.95. The summed E-state index contributed by atoms with van der Waals surface area (Å²) in [5.41, 5.74) is 1.87. The number of hydrogen-bond donors (Lipinski definition) is 1. The van der Waals surface area contributed by atoms with E-state index in [0.717, 1.165) is 37.1 Å². The molecule has 0 saturated carbocycles. The van der Waals surface area contributed by atoms with Gasteiger partial charge in [-0.3, -0.25) is 9.69 Å². The van der Waals surface area contributed by atoms with Gasteiger partial charge in [-0.15, -0.1) is 0 Å². The fourth-order valence-corrected chi connectivity index (χ4v) is 3.83. The first-order chi connectivity index (χ1) is 11.6. The number of nitrogens with zero attached hydrogens (tertiary/aromatic N) is 1. The van der Waals surface area contributed by atoms with E-state index >= 15 is 0 Å². The normalized spacial score (nSPS) is 27.6. The molecule has 0 aromatic heterocycles. The van der Waals surface area contributed by atoms with Crippen LogP contribution in [0.15, 0.2) is 12.1 Å². The van der Waals surface area contributed by atoms with Gasteiger partial charge in [0.2, 0.25) is 0 Å². The van der Waals surface area contributed by atoms with Crippen LogP contribution in [0.2, 0.25) is 0 Å². The lowest BCUT2D eigenvalue weighted by Gasteiger charge is -2.43. The highest BCUT2D eigenvalue weighted by Gasteiger charge is 2.38. The molecule has 3 rings (SSSR count). The van der Waals surface area contributed by atoms with Crippen LogP contribution in [0.3, 0.4) is 0 Å². The average molecular weight is 306 g/mol.